The molecule has 0 saturated carbocycles. The van der Waals surface area contributed by atoms with Crippen LogP contribution in [0.25, 0.3) is 0 Å². The number of nitrogens with zero attached hydrogens (tertiary/aromatic N) is 3. The molecular weight excluding hydrogens is 246 g/mol. The molecule has 1 amide bonds. The number of hydrogen-bond donors (Lipinski definition) is 2. The quantitative estimate of drug-likeness (QED) is 0.751. The van der Waals surface area contributed by atoms with E-state index in [1.165, 1.54) is 0 Å². The van der Waals surface area contributed by atoms with E-state index in [-0.39, 0.29) is 5.91 Å². The Hall–Kier alpha value is -1.89. The zero-order valence-corrected chi connectivity index (χ0v) is 11.9. The Labute approximate surface area is 113 Å². The van der Waals surface area contributed by atoms with Crippen molar-refractivity contribution in [3.05, 3.63) is 11.9 Å². The number of carbonyl (C=O) groups excluding carboxylic acids is 1. The van der Waals surface area contributed by atoms with E-state index < -0.39 is 0 Å². The summed E-state index contributed by atoms with van der Waals surface area (Å²) in [6.45, 7) is 0.879. The Kier molecular flexibility index (Phi) is 6.01. The molecule has 0 fully saturated rings. The summed E-state index contributed by atoms with van der Waals surface area (Å²) in [5, 5.41) is 6.07. The van der Waals surface area contributed by atoms with Gasteiger partial charge in [-0.2, -0.15) is 0 Å². The van der Waals surface area contributed by atoms with E-state index in [4.69, 9.17) is 4.74 Å². The van der Waals surface area contributed by atoms with Gasteiger partial charge in [0.2, 0.25) is 5.91 Å². The summed E-state index contributed by atoms with van der Waals surface area (Å²) in [5.41, 5.74) is 0. The standard InChI is InChI=1S/C12H21N5O2/c1-13-9-7-10(16-11(15-9)8-19-4)14-6-5-12(18)17(2)3/h7H,5-6,8H2,1-4H3,(H2,13,14,15,16). The fraction of sp³-hybridized carbons (Fsp3) is 0.583. The van der Waals surface area contributed by atoms with Gasteiger partial charge < -0.3 is 20.3 Å². The van der Waals surface area contributed by atoms with E-state index in [9.17, 15) is 4.79 Å². The van der Waals surface area contributed by atoms with Crippen molar-refractivity contribution in [1.29, 1.82) is 0 Å². The van der Waals surface area contributed by atoms with Crippen molar-refractivity contribution in [2.75, 3.05) is 45.4 Å². The second kappa shape index (κ2) is 7.52. The van der Waals surface area contributed by atoms with Crippen molar-refractivity contribution in [3.8, 4) is 0 Å². The largest absolute Gasteiger partial charge is 0.377 e. The molecule has 1 aromatic heterocycles. The van der Waals surface area contributed by atoms with Crippen LogP contribution < -0.4 is 10.6 Å². The Morgan fingerprint density at radius 1 is 1.37 bits per heavy atom. The maximum atomic E-state index is 11.4. The molecule has 0 bridgehead atoms. The number of nitrogens with one attached hydrogen (secondary N) is 2. The van der Waals surface area contributed by atoms with Crippen molar-refractivity contribution in [2.24, 2.45) is 0 Å². The Morgan fingerprint density at radius 3 is 2.63 bits per heavy atom. The van der Waals surface area contributed by atoms with Crippen molar-refractivity contribution in [1.82, 2.24) is 14.9 Å². The molecule has 0 aliphatic carbocycles. The molecule has 0 unspecified atom stereocenters. The third kappa shape index (κ3) is 5.09. The Balaban J connectivity index is 2.61. The summed E-state index contributed by atoms with van der Waals surface area (Å²) < 4.78 is 5.02. The summed E-state index contributed by atoms with van der Waals surface area (Å²) in [6.07, 6.45) is 0.422. The highest BCUT2D eigenvalue weighted by Gasteiger charge is 2.06. The summed E-state index contributed by atoms with van der Waals surface area (Å²) in [7, 11) is 6.86. The normalized spacial score (nSPS) is 10.1. The van der Waals surface area contributed by atoms with Crippen LogP contribution in [0.4, 0.5) is 11.6 Å². The van der Waals surface area contributed by atoms with Crippen molar-refractivity contribution < 1.29 is 9.53 Å². The number of methoxy groups -OCH3 is 1. The Bertz CT molecular complexity index is 423. The minimum Gasteiger partial charge on any atom is -0.377 e. The Morgan fingerprint density at radius 2 is 2.05 bits per heavy atom. The third-order valence-electron chi connectivity index (χ3n) is 2.45. The molecule has 0 aromatic carbocycles. The lowest BCUT2D eigenvalue weighted by Crippen LogP contribution is -2.24. The van der Waals surface area contributed by atoms with Gasteiger partial charge in [-0.3, -0.25) is 4.79 Å². The number of aromatic nitrogens is 2. The van der Waals surface area contributed by atoms with Crippen molar-refractivity contribution in [3.63, 3.8) is 0 Å². The van der Waals surface area contributed by atoms with Crippen LogP contribution in [-0.2, 0) is 16.1 Å². The lowest BCUT2D eigenvalue weighted by Gasteiger charge is -2.12. The molecular formula is C12H21N5O2. The van der Waals surface area contributed by atoms with Gasteiger partial charge in [0, 0.05) is 47.3 Å². The first-order chi connectivity index (χ1) is 9.06. The van der Waals surface area contributed by atoms with Gasteiger partial charge in [0.15, 0.2) is 5.82 Å². The smallest absolute Gasteiger partial charge is 0.223 e. The number of rotatable bonds is 7. The van der Waals surface area contributed by atoms with Crippen LogP contribution in [-0.4, -0.2) is 55.6 Å². The van der Waals surface area contributed by atoms with Crippen LogP contribution in [0.1, 0.15) is 12.2 Å². The first-order valence-electron chi connectivity index (χ1n) is 6.05. The van der Waals surface area contributed by atoms with Crippen LogP contribution in [0.2, 0.25) is 0 Å². The van der Waals surface area contributed by atoms with E-state index in [0.717, 1.165) is 0 Å². The molecule has 1 heterocycles. The van der Waals surface area contributed by atoms with Crippen LogP contribution in [0.3, 0.4) is 0 Å². The highest BCUT2D eigenvalue weighted by molar-refractivity contribution is 5.76. The monoisotopic (exact) mass is 267 g/mol. The zero-order chi connectivity index (χ0) is 14.3. The molecule has 2 N–H and O–H groups in total. The molecule has 19 heavy (non-hydrogen) atoms. The maximum Gasteiger partial charge on any atom is 0.223 e. The number of carbonyl (C=O) groups is 1. The number of ether oxygens (including phenoxy) is 1. The number of anilines is 2. The topological polar surface area (TPSA) is 79.4 Å². The van der Waals surface area contributed by atoms with E-state index in [1.54, 1.807) is 39.2 Å². The van der Waals surface area contributed by atoms with Gasteiger partial charge >= 0.3 is 0 Å². The first-order valence-corrected chi connectivity index (χ1v) is 6.05. The van der Waals surface area contributed by atoms with Gasteiger partial charge in [0.1, 0.15) is 18.2 Å². The van der Waals surface area contributed by atoms with E-state index in [0.29, 0.717) is 37.0 Å². The molecule has 0 radical (unpaired) electrons. The fourth-order valence-electron chi connectivity index (χ4n) is 1.43. The molecule has 1 rings (SSSR count). The average molecular weight is 267 g/mol. The van der Waals surface area contributed by atoms with E-state index >= 15 is 0 Å². The average Bonchev–Trinajstić information content (AvgIpc) is 2.38. The van der Waals surface area contributed by atoms with Crippen molar-refractivity contribution in [2.45, 2.75) is 13.0 Å². The minimum atomic E-state index is 0.0764. The summed E-state index contributed by atoms with van der Waals surface area (Å²) in [4.78, 5) is 21.6. The van der Waals surface area contributed by atoms with Crippen LogP contribution in [0.15, 0.2) is 6.07 Å². The van der Waals surface area contributed by atoms with Crippen LogP contribution in [0, 0.1) is 0 Å². The van der Waals surface area contributed by atoms with E-state index in [1.807, 2.05) is 0 Å². The fourth-order valence-corrected chi connectivity index (χ4v) is 1.43. The summed E-state index contributed by atoms with van der Waals surface area (Å²) in [5.74, 6) is 2.06. The van der Waals surface area contributed by atoms with Gasteiger partial charge in [-0.05, 0) is 0 Å². The third-order valence-corrected chi connectivity index (χ3v) is 2.45. The highest BCUT2D eigenvalue weighted by Crippen LogP contribution is 2.11. The predicted molar refractivity (Wildman–Crippen MR) is 74.1 cm³/mol. The zero-order valence-electron chi connectivity index (χ0n) is 11.9. The molecule has 0 atom stereocenters. The second-order valence-electron chi connectivity index (χ2n) is 4.20. The molecule has 7 heteroatoms. The number of hydrogen-bond acceptors (Lipinski definition) is 6. The maximum absolute atomic E-state index is 11.4. The van der Waals surface area contributed by atoms with Gasteiger partial charge in [-0.1, -0.05) is 0 Å². The molecule has 0 spiro atoms. The van der Waals surface area contributed by atoms with E-state index in [2.05, 4.69) is 20.6 Å². The van der Waals surface area contributed by atoms with Gasteiger partial charge in [-0.25, -0.2) is 9.97 Å². The highest BCUT2D eigenvalue weighted by atomic mass is 16.5. The van der Waals surface area contributed by atoms with Gasteiger partial charge in [-0.15, -0.1) is 0 Å². The summed E-state index contributed by atoms with van der Waals surface area (Å²) >= 11 is 0. The van der Waals surface area contributed by atoms with Crippen LogP contribution >= 0.6 is 0 Å². The number of amides is 1. The van der Waals surface area contributed by atoms with Crippen LogP contribution in [0.5, 0.6) is 0 Å². The minimum absolute atomic E-state index is 0.0764. The second-order valence-corrected chi connectivity index (χ2v) is 4.20. The lowest BCUT2D eigenvalue weighted by molar-refractivity contribution is -0.128. The molecule has 0 aliphatic heterocycles. The lowest BCUT2D eigenvalue weighted by atomic mass is 10.3. The molecule has 7 nitrogen and oxygen atoms in total. The molecule has 1 aromatic rings. The SMILES string of the molecule is CNc1cc(NCCC(=O)N(C)C)nc(COC)n1. The molecule has 106 valence electrons. The van der Waals surface area contributed by atoms with Gasteiger partial charge in [0.05, 0.1) is 0 Å². The predicted octanol–water partition coefficient (Wildman–Crippen LogP) is 0.555. The first kappa shape index (κ1) is 15.2. The molecule has 0 saturated heterocycles. The van der Waals surface area contributed by atoms with Gasteiger partial charge in [0.25, 0.3) is 0 Å². The molecule has 0 aliphatic rings. The summed E-state index contributed by atoms with van der Waals surface area (Å²) in [6, 6.07) is 1.79. The van der Waals surface area contributed by atoms with Crippen molar-refractivity contribution >= 4 is 17.5 Å².